The van der Waals surface area contributed by atoms with Crippen LogP contribution < -0.4 is 0 Å². The molecule has 0 radical (unpaired) electrons. The van der Waals surface area contributed by atoms with Gasteiger partial charge in [-0.15, -0.1) is 0 Å². The van der Waals surface area contributed by atoms with Crippen molar-refractivity contribution in [3.8, 4) is 0 Å². The number of rotatable bonds is 9. The zero-order valence-electron chi connectivity index (χ0n) is 12.2. The van der Waals surface area contributed by atoms with E-state index in [2.05, 4.69) is 24.8 Å². The van der Waals surface area contributed by atoms with Crippen molar-refractivity contribution in [2.45, 2.75) is 46.0 Å². The first-order valence-corrected chi connectivity index (χ1v) is 6.70. The maximum atomic E-state index is 10.5. The first-order valence-electron chi connectivity index (χ1n) is 6.70. The van der Waals surface area contributed by atoms with Gasteiger partial charge >= 0.3 is 11.9 Å². The average molecular weight is 270 g/mol. The quantitative estimate of drug-likeness (QED) is 0.366. The van der Waals surface area contributed by atoms with Crippen LogP contribution in [0.2, 0.25) is 0 Å². The molecule has 0 spiro atoms. The van der Waals surface area contributed by atoms with Crippen LogP contribution in [0.15, 0.2) is 25.3 Å². The Hall–Kier alpha value is -1.58. The minimum atomic E-state index is -0.341. The molecule has 0 aliphatic heterocycles. The van der Waals surface area contributed by atoms with Crippen LogP contribution >= 0.6 is 0 Å². The maximum Gasteiger partial charge on any atom is 0.330 e. The first-order chi connectivity index (χ1) is 9.12. The standard InChI is InChI=1S/C9H16O2.C6H10O2/c1-3-5-6-7-8-11-9(10)4-2;1-3-5-8-6(7)4-2/h4H,2-3,5-8H2,1H3;4H,2-3,5H2,1H3. The second-order valence-corrected chi connectivity index (χ2v) is 3.80. The zero-order chi connectivity index (χ0) is 14.9. The molecule has 0 heterocycles. The zero-order valence-corrected chi connectivity index (χ0v) is 12.2. The minimum Gasteiger partial charge on any atom is -0.463 e. The molecule has 0 aromatic rings. The van der Waals surface area contributed by atoms with E-state index < -0.39 is 0 Å². The number of unbranched alkanes of at least 4 members (excludes halogenated alkanes) is 3. The van der Waals surface area contributed by atoms with E-state index in [0.29, 0.717) is 13.2 Å². The third-order valence-corrected chi connectivity index (χ3v) is 2.02. The van der Waals surface area contributed by atoms with Gasteiger partial charge in [0.05, 0.1) is 13.2 Å². The van der Waals surface area contributed by atoms with Crippen LogP contribution in [0.25, 0.3) is 0 Å². The summed E-state index contributed by atoms with van der Waals surface area (Å²) >= 11 is 0. The van der Waals surface area contributed by atoms with Gasteiger partial charge in [0.2, 0.25) is 0 Å². The van der Waals surface area contributed by atoms with E-state index in [1.807, 2.05) is 6.92 Å². The van der Waals surface area contributed by atoms with E-state index in [0.717, 1.165) is 25.3 Å². The second kappa shape index (κ2) is 16.4. The van der Waals surface area contributed by atoms with Gasteiger partial charge in [-0.1, -0.05) is 46.3 Å². The lowest BCUT2D eigenvalue weighted by atomic mass is 10.2. The summed E-state index contributed by atoms with van der Waals surface area (Å²) in [4.78, 5) is 20.7. The molecule has 4 nitrogen and oxygen atoms in total. The van der Waals surface area contributed by atoms with Crippen LogP contribution in [0.5, 0.6) is 0 Å². The van der Waals surface area contributed by atoms with Gasteiger partial charge in [-0.2, -0.15) is 0 Å². The van der Waals surface area contributed by atoms with Gasteiger partial charge in [0.1, 0.15) is 0 Å². The Morgan fingerprint density at radius 1 is 0.842 bits per heavy atom. The van der Waals surface area contributed by atoms with Gasteiger partial charge in [-0.25, -0.2) is 9.59 Å². The van der Waals surface area contributed by atoms with Crippen LogP contribution in [0.3, 0.4) is 0 Å². The molecular weight excluding hydrogens is 244 g/mol. The number of esters is 2. The summed E-state index contributed by atoms with van der Waals surface area (Å²) in [7, 11) is 0. The molecule has 0 rings (SSSR count). The third-order valence-electron chi connectivity index (χ3n) is 2.02. The van der Waals surface area contributed by atoms with Crippen LogP contribution in [0.1, 0.15) is 46.0 Å². The molecule has 0 saturated carbocycles. The Labute approximate surface area is 116 Å². The van der Waals surface area contributed by atoms with Gasteiger partial charge in [-0.3, -0.25) is 0 Å². The number of hydrogen-bond donors (Lipinski definition) is 0. The lowest BCUT2D eigenvalue weighted by Crippen LogP contribution is -2.01. The summed E-state index contributed by atoms with van der Waals surface area (Å²) in [6.07, 6.45) is 7.74. The largest absolute Gasteiger partial charge is 0.463 e. The highest BCUT2D eigenvalue weighted by atomic mass is 16.5. The number of ether oxygens (including phenoxy) is 2. The third kappa shape index (κ3) is 19.0. The second-order valence-electron chi connectivity index (χ2n) is 3.80. The minimum absolute atomic E-state index is 0.318. The fraction of sp³-hybridized carbons (Fsp3) is 0.600. The van der Waals surface area contributed by atoms with E-state index in [-0.39, 0.29) is 11.9 Å². The Kier molecular flexibility index (Phi) is 17.1. The molecule has 0 N–H and O–H groups in total. The van der Waals surface area contributed by atoms with Crippen molar-refractivity contribution in [1.29, 1.82) is 0 Å². The van der Waals surface area contributed by atoms with E-state index in [9.17, 15) is 9.59 Å². The lowest BCUT2D eigenvalue weighted by molar-refractivity contribution is -0.138. The van der Waals surface area contributed by atoms with Crippen molar-refractivity contribution < 1.29 is 19.1 Å². The van der Waals surface area contributed by atoms with Crippen molar-refractivity contribution in [2.75, 3.05) is 13.2 Å². The molecule has 0 saturated heterocycles. The fourth-order valence-electron chi connectivity index (χ4n) is 1.02. The highest BCUT2D eigenvalue weighted by Crippen LogP contribution is 1.98. The highest BCUT2D eigenvalue weighted by Gasteiger charge is 1.93. The van der Waals surface area contributed by atoms with Crippen LogP contribution in [0, 0.1) is 0 Å². The lowest BCUT2D eigenvalue weighted by Gasteiger charge is -1.99. The van der Waals surface area contributed by atoms with Crippen LogP contribution in [-0.2, 0) is 19.1 Å². The predicted molar refractivity (Wildman–Crippen MR) is 76.7 cm³/mol. The van der Waals surface area contributed by atoms with E-state index in [4.69, 9.17) is 4.74 Å². The van der Waals surface area contributed by atoms with Crippen molar-refractivity contribution in [2.24, 2.45) is 0 Å². The van der Waals surface area contributed by atoms with Gasteiger partial charge in [0.25, 0.3) is 0 Å². The normalized spacial score (nSPS) is 8.74. The van der Waals surface area contributed by atoms with Gasteiger partial charge in [0.15, 0.2) is 0 Å². The van der Waals surface area contributed by atoms with Gasteiger partial charge in [-0.05, 0) is 12.8 Å². The summed E-state index contributed by atoms with van der Waals surface area (Å²) in [5, 5.41) is 0. The molecule has 4 heteroatoms. The Morgan fingerprint density at radius 3 is 1.79 bits per heavy atom. The smallest absolute Gasteiger partial charge is 0.330 e. The molecule has 0 aromatic carbocycles. The summed E-state index contributed by atoms with van der Waals surface area (Å²) in [6.45, 7) is 11.7. The average Bonchev–Trinajstić information content (AvgIpc) is 2.44. The molecule has 19 heavy (non-hydrogen) atoms. The maximum absolute atomic E-state index is 10.5. The van der Waals surface area contributed by atoms with E-state index in [1.54, 1.807) is 0 Å². The number of hydrogen-bond acceptors (Lipinski definition) is 4. The summed E-state index contributed by atoms with van der Waals surface area (Å²) in [6, 6.07) is 0. The number of carbonyl (C=O) groups is 2. The van der Waals surface area contributed by atoms with Crippen LogP contribution in [0.4, 0.5) is 0 Å². The van der Waals surface area contributed by atoms with Crippen molar-refractivity contribution in [3.63, 3.8) is 0 Å². The summed E-state index contributed by atoms with van der Waals surface area (Å²) in [5.41, 5.74) is 0. The Morgan fingerprint density at radius 2 is 1.37 bits per heavy atom. The van der Waals surface area contributed by atoms with Crippen molar-refractivity contribution >= 4 is 11.9 Å². The first kappa shape index (κ1) is 19.8. The Balaban J connectivity index is 0. The topological polar surface area (TPSA) is 52.6 Å². The fourth-order valence-corrected chi connectivity index (χ4v) is 1.02. The van der Waals surface area contributed by atoms with Gasteiger partial charge in [0, 0.05) is 12.2 Å². The van der Waals surface area contributed by atoms with Gasteiger partial charge < -0.3 is 9.47 Å². The molecule has 0 fully saturated rings. The number of carbonyl (C=O) groups excluding carboxylic acids is 2. The van der Waals surface area contributed by atoms with Crippen molar-refractivity contribution in [1.82, 2.24) is 0 Å². The molecule has 0 unspecified atom stereocenters. The molecule has 0 bridgehead atoms. The van der Waals surface area contributed by atoms with E-state index in [1.165, 1.54) is 18.9 Å². The highest BCUT2D eigenvalue weighted by molar-refractivity contribution is 5.81. The Bertz CT molecular complexity index is 259. The predicted octanol–water partition coefficient (Wildman–Crippen LogP) is 3.42. The molecule has 0 aliphatic carbocycles. The summed E-state index contributed by atoms with van der Waals surface area (Å²) < 4.78 is 9.36. The van der Waals surface area contributed by atoms with E-state index >= 15 is 0 Å². The molecule has 110 valence electrons. The SMILES string of the molecule is C=CC(=O)OCCC.C=CC(=O)OCCCCCC. The molecule has 0 aliphatic rings. The molecule has 0 amide bonds. The molecular formula is C15H26O4. The molecule has 0 atom stereocenters. The summed E-state index contributed by atoms with van der Waals surface area (Å²) in [5.74, 6) is -0.659. The molecule has 0 aromatic heterocycles. The van der Waals surface area contributed by atoms with Crippen LogP contribution in [-0.4, -0.2) is 25.2 Å². The van der Waals surface area contributed by atoms with Crippen molar-refractivity contribution in [3.05, 3.63) is 25.3 Å². The monoisotopic (exact) mass is 270 g/mol.